The van der Waals surface area contributed by atoms with Crippen molar-refractivity contribution in [2.75, 3.05) is 0 Å². The summed E-state index contributed by atoms with van der Waals surface area (Å²) in [6.07, 6.45) is 2.19. The Balaban J connectivity index is 1.54. The minimum Gasteiger partial charge on any atom is -0.450 e. The number of Topliss-reactive ketones (excluding diaryl/α,β-unsaturated/α-hetero) is 1. The van der Waals surface area contributed by atoms with Crippen LogP contribution in [0, 0.1) is 0 Å². The number of hydrogen-bond donors (Lipinski definition) is 1. The van der Waals surface area contributed by atoms with Crippen LogP contribution in [0.4, 0.5) is 0 Å². The van der Waals surface area contributed by atoms with Crippen LogP contribution in [0.3, 0.4) is 0 Å². The topological polar surface area (TPSA) is 76.2 Å². The molecule has 0 fully saturated rings. The van der Waals surface area contributed by atoms with E-state index in [4.69, 9.17) is 4.74 Å². The molecule has 5 heteroatoms. The van der Waals surface area contributed by atoms with E-state index in [1.807, 2.05) is 12.1 Å². The number of aryl methyl sites for hydroxylation is 2. The Hall–Kier alpha value is -3.21. The van der Waals surface area contributed by atoms with Crippen LogP contribution in [0.15, 0.2) is 53.3 Å². The van der Waals surface area contributed by atoms with E-state index >= 15 is 0 Å². The van der Waals surface area contributed by atoms with Gasteiger partial charge in [-0.2, -0.15) is 0 Å². The van der Waals surface area contributed by atoms with Gasteiger partial charge in [-0.3, -0.25) is 9.59 Å². The third-order valence-corrected chi connectivity index (χ3v) is 4.99. The lowest BCUT2D eigenvalue weighted by atomic mass is 10.0. The first-order chi connectivity index (χ1) is 13.0. The maximum absolute atomic E-state index is 12.6. The molecule has 0 saturated heterocycles. The van der Waals surface area contributed by atoms with E-state index in [0.29, 0.717) is 16.5 Å². The Bertz CT molecular complexity index is 1110. The van der Waals surface area contributed by atoms with E-state index in [1.54, 1.807) is 37.3 Å². The van der Waals surface area contributed by atoms with Crippen molar-refractivity contribution in [3.05, 3.63) is 81.1 Å². The van der Waals surface area contributed by atoms with Gasteiger partial charge < -0.3 is 9.72 Å². The van der Waals surface area contributed by atoms with E-state index in [9.17, 15) is 14.4 Å². The molecule has 136 valence electrons. The molecule has 3 aromatic rings. The lowest BCUT2D eigenvalue weighted by molar-refractivity contribution is 0.0313. The molecule has 0 amide bonds. The molecular formula is C22H19NO4. The molecule has 1 atom stereocenters. The Morgan fingerprint density at radius 3 is 2.67 bits per heavy atom. The number of pyridine rings is 1. The molecule has 5 nitrogen and oxygen atoms in total. The quantitative estimate of drug-likeness (QED) is 0.570. The Morgan fingerprint density at radius 1 is 1.04 bits per heavy atom. The minimum atomic E-state index is -0.938. The summed E-state index contributed by atoms with van der Waals surface area (Å²) in [6, 6.07) is 13.8. The van der Waals surface area contributed by atoms with Gasteiger partial charge in [0.25, 0.3) is 0 Å². The highest BCUT2D eigenvalue weighted by atomic mass is 16.5. The number of nitrogens with one attached hydrogen (secondary N) is 1. The van der Waals surface area contributed by atoms with Crippen LogP contribution in [0.5, 0.6) is 0 Å². The molecule has 1 aromatic heterocycles. The zero-order valence-corrected chi connectivity index (χ0v) is 15.0. The van der Waals surface area contributed by atoms with Gasteiger partial charge in [-0.05, 0) is 55.5 Å². The van der Waals surface area contributed by atoms with Crippen LogP contribution in [-0.4, -0.2) is 22.8 Å². The van der Waals surface area contributed by atoms with E-state index in [1.165, 1.54) is 17.2 Å². The first-order valence-corrected chi connectivity index (χ1v) is 9.02. The number of ether oxygens (including phenoxy) is 1. The van der Waals surface area contributed by atoms with Crippen LogP contribution in [0.1, 0.15) is 45.3 Å². The first kappa shape index (κ1) is 17.2. The van der Waals surface area contributed by atoms with Crippen molar-refractivity contribution in [2.24, 2.45) is 0 Å². The van der Waals surface area contributed by atoms with E-state index in [0.717, 1.165) is 19.3 Å². The number of fused-ring (bicyclic) bond motifs is 2. The largest absolute Gasteiger partial charge is 0.450 e. The summed E-state index contributed by atoms with van der Waals surface area (Å²) in [5.74, 6) is -0.971. The van der Waals surface area contributed by atoms with E-state index < -0.39 is 12.1 Å². The van der Waals surface area contributed by atoms with Crippen molar-refractivity contribution < 1.29 is 14.3 Å². The fourth-order valence-electron chi connectivity index (χ4n) is 3.54. The molecule has 0 spiro atoms. The van der Waals surface area contributed by atoms with Gasteiger partial charge in [-0.1, -0.05) is 24.3 Å². The summed E-state index contributed by atoms with van der Waals surface area (Å²) >= 11 is 0. The normalized spacial score (nSPS) is 14.0. The van der Waals surface area contributed by atoms with E-state index in [-0.39, 0.29) is 16.9 Å². The molecule has 1 N–H and O–H groups in total. The number of para-hydroxylation sites is 1. The van der Waals surface area contributed by atoms with Crippen LogP contribution in [-0.2, 0) is 17.6 Å². The van der Waals surface area contributed by atoms with Crippen molar-refractivity contribution in [1.29, 1.82) is 0 Å². The second-order valence-electron chi connectivity index (χ2n) is 6.84. The summed E-state index contributed by atoms with van der Waals surface area (Å²) in [4.78, 5) is 40.1. The zero-order valence-electron chi connectivity index (χ0n) is 15.0. The number of aromatic amines is 1. The molecule has 1 aliphatic rings. The maximum Gasteiger partial charge on any atom is 0.355 e. The smallest absolute Gasteiger partial charge is 0.355 e. The molecule has 0 aliphatic heterocycles. The number of hydrogen-bond acceptors (Lipinski definition) is 4. The molecule has 1 aliphatic carbocycles. The van der Waals surface area contributed by atoms with Gasteiger partial charge in [-0.25, -0.2) is 4.79 Å². The van der Waals surface area contributed by atoms with Gasteiger partial charge >= 0.3 is 5.97 Å². The third-order valence-electron chi connectivity index (χ3n) is 4.99. The predicted molar refractivity (Wildman–Crippen MR) is 102 cm³/mol. The number of ketones is 1. The molecule has 2 aromatic carbocycles. The summed E-state index contributed by atoms with van der Waals surface area (Å²) in [5, 5.41) is 0.497. The summed E-state index contributed by atoms with van der Waals surface area (Å²) in [7, 11) is 0. The molecule has 0 bridgehead atoms. The average molecular weight is 361 g/mol. The Morgan fingerprint density at radius 2 is 1.81 bits per heavy atom. The number of aromatic nitrogens is 1. The van der Waals surface area contributed by atoms with Gasteiger partial charge in [0.15, 0.2) is 11.5 Å². The number of esters is 1. The third kappa shape index (κ3) is 3.28. The Labute approximate surface area is 156 Å². The second kappa shape index (κ2) is 6.83. The first-order valence-electron chi connectivity index (χ1n) is 9.02. The molecule has 0 saturated carbocycles. The van der Waals surface area contributed by atoms with Crippen molar-refractivity contribution in [3.8, 4) is 0 Å². The molecule has 27 heavy (non-hydrogen) atoms. The molecule has 1 heterocycles. The maximum atomic E-state index is 12.6. The lowest BCUT2D eigenvalue weighted by Crippen LogP contribution is -2.25. The molecule has 0 radical (unpaired) electrons. The van der Waals surface area contributed by atoms with Gasteiger partial charge in [0.1, 0.15) is 5.69 Å². The van der Waals surface area contributed by atoms with Crippen molar-refractivity contribution >= 4 is 22.7 Å². The fraction of sp³-hybridized carbons (Fsp3) is 0.227. The highest BCUT2D eigenvalue weighted by molar-refractivity contribution is 6.01. The summed E-state index contributed by atoms with van der Waals surface area (Å²) < 4.78 is 5.32. The van der Waals surface area contributed by atoms with Gasteiger partial charge in [0, 0.05) is 22.5 Å². The summed E-state index contributed by atoms with van der Waals surface area (Å²) in [6.45, 7) is 1.55. The van der Waals surface area contributed by atoms with Crippen LogP contribution >= 0.6 is 0 Å². The average Bonchev–Trinajstić information content (AvgIpc) is 3.15. The highest BCUT2D eigenvalue weighted by Crippen LogP contribution is 2.23. The number of H-pyrrole nitrogens is 1. The zero-order chi connectivity index (χ0) is 19.0. The fourth-order valence-corrected chi connectivity index (χ4v) is 3.54. The van der Waals surface area contributed by atoms with Gasteiger partial charge in [-0.15, -0.1) is 0 Å². The second-order valence-corrected chi connectivity index (χ2v) is 6.84. The highest BCUT2D eigenvalue weighted by Gasteiger charge is 2.23. The van der Waals surface area contributed by atoms with Crippen molar-refractivity contribution in [3.63, 3.8) is 0 Å². The summed E-state index contributed by atoms with van der Waals surface area (Å²) in [5.41, 5.74) is 3.34. The molecule has 0 unspecified atom stereocenters. The lowest BCUT2D eigenvalue weighted by Gasteiger charge is -2.13. The van der Waals surface area contributed by atoms with Crippen molar-refractivity contribution in [2.45, 2.75) is 32.3 Å². The molecular weight excluding hydrogens is 342 g/mol. The monoisotopic (exact) mass is 361 g/mol. The SMILES string of the molecule is C[C@H](OC(=O)c1cc(=O)c2ccccc2[nH]1)C(=O)c1ccc2c(c1)CCC2. The number of benzene rings is 2. The van der Waals surface area contributed by atoms with Gasteiger partial charge in [0.05, 0.1) is 0 Å². The Kier molecular flexibility index (Phi) is 4.36. The van der Waals surface area contributed by atoms with E-state index in [2.05, 4.69) is 4.98 Å². The number of carbonyl (C=O) groups excluding carboxylic acids is 2. The predicted octanol–water partition coefficient (Wildman–Crippen LogP) is 3.45. The standard InChI is InChI=1S/C22H19NO4/c1-13(21(25)16-10-9-14-5-4-6-15(14)11-16)27-22(26)19-12-20(24)17-7-2-3-8-18(17)23-19/h2-3,7-13H,4-6H2,1H3,(H,23,24)/t13-/m0/s1. The number of rotatable bonds is 4. The molecule has 4 rings (SSSR count). The van der Waals surface area contributed by atoms with Crippen molar-refractivity contribution in [1.82, 2.24) is 4.98 Å². The van der Waals surface area contributed by atoms with Crippen LogP contribution in [0.25, 0.3) is 10.9 Å². The van der Waals surface area contributed by atoms with Gasteiger partial charge in [0.2, 0.25) is 5.78 Å². The van der Waals surface area contributed by atoms with Crippen LogP contribution in [0.2, 0.25) is 0 Å². The minimum absolute atomic E-state index is 0.0345. The van der Waals surface area contributed by atoms with Crippen LogP contribution < -0.4 is 5.43 Å². The number of carbonyl (C=O) groups is 2.